The number of hydrogen-bond acceptors (Lipinski definition) is 5. The molecule has 3 amide bonds. The minimum Gasteiger partial charge on any atom is -0.323 e. The lowest BCUT2D eigenvalue weighted by molar-refractivity contribution is -0.111. The van der Waals surface area contributed by atoms with E-state index in [1.54, 1.807) is 79.0 Å². The van der Waals surface area contributed by atoms with E-state index >= 15 is 0 Å². The van der Waals surface area contributed by atoms with Gasteiger partial charge < -0.3 is 16.0 Å². The van der Waals surface area contributed by atoms with Gasteiger partial charge >= 0.3 is 0 Å². The van der Waals surface area contributed by atoms with Crippen molar-refractivity contribution in [2.45, 2.75) is 0 Å². The number of nitrogens with zero attached hydrogens (tertiary/aromatic N) is 2. The molecule has 2 heterocycles. The van der Waals surface area contributed by atoms with Crippen LogP contribution in [0.15, 0.2) is 91.6 Å². The maximum atomic E-state index is 12.6. The van der Waals surface area contributed by atoms with Crippen molar-refractivity contribution in [1.29, 1.82) is 0 Å². The number of aromatic nitrogens is 3. The number of amides is 3. The van der Waals surface area contributed by atoms with Gasteiger partial charge in [0.05, 0.1) is 11.4 Å². The fraction of sp³-hybridized carbons (Fsp3) is 0. The van der Waals surface area contributed by atoms with Crippen LogP contribution in [0.4, 0.5) is 17.1 Å². The number of anilines is 3. The quantitative estimate of drug-likeness (QED) is 0.314. The lowest BCUT2D eigenvalue weighted by Crippen LogP contribution is -2.14. The molecule has 9 heteroatoms. The van der Waals surface area contributed by atoms with E-state index in [1.165, 1.54) is 6.08 Å². The Balaban J connectivity index is 1.36. The van der Waals surface area contributed by atoms with Gasteiger partial charge in [-0.1, -0.05) is 12.6 Å². The Labute approximate surface area is 194 Å². The maximum Gasteiger partial charge on any atom is 0.274 e. The molecular formula is C25H20N6O3. The Bertz CT molecular complexity index is 1330. The van der Waals surface area contributed by atoms with Crippen molar-refractivity contribution in [3.63, 3.8) is 0 Å². The second kappa shape index (κ2) is 10.0. The Morgan fingerprint density at radius 2 is 1.38 bits per heavy atom. The topological polar surface area (TPSA) is 129 Å². The van der Waals surface area contributed by atoms with Crippen molar-refractivity contribution in [3.8, 4) is 11.4 Å². The van der Waals surface area contributed by atoms with E-state index in [4.69, 9.17) is 0 Å². The maximum absolute atomic E-state index is 12.6. The first-order valence-corrected chi connectivity index (χ1v) is 10.2. The Kier molecular flexibility index (Phi) is 6.55. The van der Waals surface area contributed by atoms with Crippen molar-refractivity contribution < 1.29 is 14.4 Å². The number of aromatic amines is 1. The zero-order chi connectivity index (χ0) is 23.9. The molecule has 2 aromatic carbocycles. The van der Waals surface area contributed by atoms with Crippen LogP contribution in [0, 0.1) is 0 Å². The van der Waals surface area contributed by atoms with E-state index in [9.17, 15) is 14.4 Å². The van der Waals surface area contributed by atoms with Crippen LogP contribution in [0.2, 0.25) is 0 Å². The van der Waals surface area contributed by atoms with Crippen LogP contribution in [0.25, 0.3) is 11.4 Å². The second-order valence-electron chi connectivity index (χ2n) is 7.13. The molecule has 34 heavy (non-hydrogen) atoms. The molecule has 4 N–H and O–H groups in total. The normalized spacial score (nSPS) is 10.2. The third-order valence-corrected chi connectivity index (χ3v) is 4.76. The summed E-state index contributed by atoms with van der Waals surface area (Å²) in [5, 5.41) is 14.9. The monoisotopic (exact) mass is 452 g/mol. The van der Waals surface area contributed by atoms with Gasteiger partial charge in [0, 0.05) is 28.8 Å². The highest BCUT2D eigenvalue weighted by molar-refractivity contribution is 6.06. The molecule has 168 valence electrons. The molecule has 0 saturated carbocycles. The van der Waals surface area contributed by atoms with Gasteiger partial charge in [0.1, 0.15) is 5.69 Å². The van der Waals surface area contributed by atoms with Gasteiger partial charge in [0.25, 0.3) is 11.8 Å². The number of carbonyl (C=O) groups is 3. The molecule has 0 atom stereocenters. The number of nitrogens with one attached hydrogen (secondary N) is 4. The Morgan fingerprint density at radius 3 is 2.00 bits per heavy atom. The van der Waals surface area contributed by atoms with Gasteiger partial charge in [-0.2, -0.15) is 5.10 Å². The zero-order valence-corrected chi connectivity index (χ0v) is 17.9. The predicted octanol–water partition coefficient (Wildman–Crippen LogP) is 4.10. The minimum atomic E-state index is -0.359. The summed E-state index contributed by atoms with van der Waals surface area (Å²) in [5.74, 6) is -0.995. The Morgan fingerprint density at radius 1 is 0.765 bits per heavy atom. The average molecular weight is 452 g/mol. The fourth-order valence-corrected chi connectivity index (χ4v) is 3.04. The first-order chi connectivity index (χ1) is 16.5. The molecule has 0 aliphatic heterocycles. The van der Waals surface area contributed by atoms with E-state index in [1.807, 2.05) is 0 Å². The lowest BCUT2D eigenvalue weighted by atomic mass is 10.2. The minimum absolute atomic E-state index is 0.261. The number of rotatable bonds is 7. The molecule has 4 aromatic rings. The van der Waals surface area contributed by atoms with E-state index in [0.29, 0.717) is 34.0 Å². The van der Waals surface area contributed by atoms with Crippen LogP contribution in [0.1, 0.15) is 20.8 Å². The van der Waals surface area contributed by atoms with Crippen molar-refractivity contribution >= 4 is 34.8 Å². The van der Waals surface area contributed by atoms with Crippen molar-refractivity contribution in [2.24, 2.45) is 0 Å². The summed E-state index contributed by atoms with van der Waals surface area (Å²) < 4.78 is 0. The van der Waals surface area contributed by atoms with Gasteiger partial charge in [0.15, 0.2) is 0 Å². The van der Waals surface area contributed by atoms with Crippen LogP contribution >= 0.6 is 0 Å². The predicted molar refractivity (Wildman–Crippen MR) is 129 cm³/mol. The van der Waals surface area contributed by atoms with Gasteiger partial charge in [-0.3, -0.25) is 19.5 Å². The van der Waals surface area contributed by atoms with Gasteiger partial charge in [-0.15, -0.1) is 0 Å². The zero-order valence-electron chi connectivity index (χ0n) is 17.9. The fourth-order valence-electron chi connectivity index (χ4n) is 3.04. The number of pyridine rings is 1. The highest BCUT2D eigenvalue weighted by atomic mass is 16.2. The lowest BCUT2D eigenvalue weighted by Gasteiger charge is -2.09. The summed E-state index contributed by atoms with van der Waals surface area (Å²) in [6.07, 6.45) is 2.78. The molecular weight excluding hydrogens is 432 g/mol. The summed E-state index contributed by atoms with van der Waals surface area (Å²) >= 11 is 0. The van der Waals surface area contributed by atoms with E-state index in [-0.39, 0.29) is 23.4 Å². The molecule has 0 aliphatic rings. The third kappa shape index (κ3) is 5.40. The summed E-state index contributed by atoms with van der Waals surface area (Å²) in [6.45, 7) is 3.39. The molecule has 0 spiro atoms. The molecule has 0 bridgehead atoms. The summed E-state index contributed by atoms with van der Waals surface area (Å²) in [7, 11) is 0. The SMILES string of the molecule is C=CC(=O)Nc1ccc(C(=O)Nc2ccc(NC(=O)c3cccc(-c4ccn[nH]4)n3)cc2)cc1. The average Bonchev–Trinajstić information content (AvgIpc) is 3.41. The number of carbonyl (C=O) groups excluding carboxylic acids is 3. The van der Waals surface area contributed by atoms with Crippen LogP contribution in [-0.4, -0.2) is 32.9 Å². The van der Waals surface area contributed by atoms with Gasteiger partial charge in [0.2, 0.25) is 5.91 Å². The smallest absolute Gasteiger partial charge is 0.274 e. The largest absolute Gasteiger partial charge is 0.323 e. The number of hydrogen-bond donors (Lipinski definition) is 4. The molecule has 0 saturated heterocycles. The van der Waals surface area contributed by atoms with E-state index in [2.05, 4.69) is 37.7 Å². The van der Waals surface area contributed by atoms with Crippen LogP contribution in [-0.2, 0) is 4.79 Å². The molecule has 2 aromatic heterocycles. The van der Waals surface area contributed by atoms with E-state index < -0.39 is 0 Å². The van der Waals surface area contributed by atoms with Crippen LogP contribution in [0.3, 0.4) is 0 Å². The second-order valence-corrected chi connectivity index (χ2v) is 7.13. The molecule has 9 nitrogen and oxygen atoms in total. The molecule has 4 rings (SSSR count). The number of benzene rings is 2. The number of H-pyrrole nitrogens is 1. The molecule has 0 fully saturated rings. The molecule has 0 unspecified atom stereocenters. The summed E-state index contributed by atoms with van der Waals surface area (Å²) in [4.78, 5) is 40.8. The van der Waals surface area contributed by atoms with Crippen LogP contribution in [0.5, 0.6) is 0 Å². The van der Waals surface area contributed by atoms with Crippen LogP contribution < -0.4 is 16.0 Å². The molecule has 0 aliphatic carbocycles. The van der Waals surface area contributed by atoms with Gasteiger partial charge in [-0.05, 0) is 72.8 Å². The standard InChI is InChI=1S/C25H20N6O3/c1-2-23(32)27-17-8-6-16(7-9-17)24(33)28-18-10-12-19(13-11-18)29-25(34)22-5-3-4-20(30-22)21-14-15-26-31-21/h2-15H,1H2,(H,26,31)(H,27,32)(H,28,33)(H,29,34). The first-order valence-electron chi connectivity index (χ1n) is 10.2. The highest BCUT2D eigenvalue weighted by Gasteiger charge is 2.11. The summed E-state index contributed by atoms with van der Waals surface area (Å²) in [5.41, 5.74) is 3.69. The van der Waals surface area contributed by atoms with E-state index in [0.717, 1.165) is 0 Å². The van der Waals surface area contributed by atoms with Crippen molar-refractivity contribution in [1.82, 2.24) is 15.2 Å². The molecule has 0 radical (unpaired) electrons. The van der Waals surface area contributed by atoms with Gasteiger partial charge in [-0.25, -0.2) is 4.98 Å². The first kappa shape index (κ1) is 22.2. The third-order valence-electron chi connectivity index (χ3n) is 4.76. The highest BCUT2D eigenvalue weighted by Crippen LogP contribution is 2.18. The Hall–Kier alpha value is -5.05. The van der Waals surface area contributed by atoms with Crippen molar-refractivity contribution in [3.05, 3.63) is 103 Å². The summed E-state index contributed by atoms with van der Waals surface area (Å²) in [6, 6.07) is 20.1. The van der Waals surface area contributed by atoms with Crippen molar-refractivity contribution in [2.75, 3.05) is 16.0 Å².